The van der Waals surface area contributed by atoms with Crippen LogP contribution < -0.4 is 0 Å². The molecule has 0 radical (unpaired) electrons. The van der Waals surface area contributed by atoms with Crippen LogP contribution in [0.4, 0.5) is 0 Å². The van der Waals surface area contributed by atoms with Crippen LogP contribution in [0.1, 0.15) is 61.7 Å². The Labute approximate surface area is 158 Å². The van der Waals surface area contributed by atoms with Crippen molar-refractivity contribution in [3.63, 3.8) is 0 Å². The van der Waals surface area contributed by atoms with E-state index in [1.807, 2.05) is 30.3 Å². The van der Waals surface area contributed by atoms with Crippen molar-refractivity contribution in [2.75, 3.05) is 20.6 Å². The van der Waals surface area contributed by atoms with E-state index in [-0.39, 0.29) is 17.5 Å². The van der Waals surface area contributed by atoms with E-state index in [1.165, 1.54) is 6.42 Å². The minimum atomic E-state index is -0.383. The van der Waals surface area contributed by atoms with Crippen LogP contribution in [0, 0.1) is 23.7 Å². The van der Waals surface area contributed by atoms with E-state index >= 15 is 0 Å². The lowest BCUT2D eigenvalue weighted by molar-refractivity contribution is -0.0884. The van der Waals surface area contributed by atoms with Crippen molar-refractivity contribution >= 4 is 5.97 Å². The number of hydrogen-bond acceptors (Lipinski definition) is 3. The summed E-state index contributed by atoms with van der Waals surface area (Å²) in [6.45, 7) is 0.918. The Morgan fingerprint density at radius 1 is 1.19 bits per heavy atom. The Balaban J connectivity index is 1.89. The molecule has 0 heterocycles. The number of ether oxygens (including phenoxy) is 1. The summed E-state index contributed by atoms with van der Waals surface area (Å²) >= 11 is 0. The second kappa shape index (κ2) is 8.73. The molecule has 140 valence electrons. The van der Waals surface area contributed by atoms with E-state index in [2.05, 4.69) is 30.8 Å². The molecule has 0 bridgehead atoms. The van der Waals surface area contributed by atoms with Gasteiger partial charge in [-0.25, -0.2) is 4.79 Å². The van der Waals surface area contributed by atoms with Crippen molar-refractivity contribution in [3.8, 4) is 11.8 Å². The summed E-state index contributed by atoms with van der Waals surface area (Å²) in [7, 11) is 4.22. The molecule has 0 spiro atoms. The van der Waals surface area contributed by atoms with Gasteiger partial charge >= 0.3 is 5.97 Å². The SMILES string of the molecule is CN(C)CC(C1C#CCCC1)C1(OC(=O)c2ccccc2)CCCCC1. The van der Waals surface area contributed by atoms with Gasteiger partial charge < -0.3 is 9.64 Å². The zero-order valence-electron chi connectivity index (χ0n) is 16.2. The standard InChI is InChI=1S/C23H31NO2/c1-24(2)18-21(19-12-6-3-7-13-19)23(16-10-5-11-17-23)26-22(25)20-14-8-4-9-15-20/h4,8-9,14-15,19,21H,3,5-6,10-12,16-18H2,1-2H3. The average Bonchev–Trinajstić information content (AvgIpc) is 2.68. The monoisotopic (exact) mass is 353 g/mol. The molecule has 0 N–H and O–H groups in total. The summed E-state index contributed by atoms with van der Waals surface area (Å²) in [5.74, 6) is 7.23. The van der Waals surface area contributed by atoms with Crippen LogP contribution in [0.25, 0.3) is 0 Å². The topological polar surface area (TPSA) is 29.5 Å². The highest BCUT2D eigenvalue weighted by molar-refractivity contribution is 5.89. The minimum absolute atomic E-state index is 0.181. The van der Waals surface area contributed by atoms with Crippen LogP contribution in [-0.4, -0.2) is 37.1 Å². The Bertz CT molecular complexity index is 650. The predicted molar refractivity (Wildman–Crippen MR) is 105 cm³/mol. The lowest BCUT2D eigenvalue weighted by atomic mass is 9.68. The van der Waals surface area contributed by atoms with Crippen LogP contribution in [-0.2, 0) is 4.74 Å². The molecule has 0 aliphatic heterocycles. The molecule has 3 heteroatoms. The molecule has 3 rings (SSSR count). The smallest absolute Gasteiger partial charge is 0.338 e. The largest absolute Gasteiger partial charge is 0.455 e. The van der Waals surface area contributed by atoms with Crippen molar-refractivity contribution in [3.05, 3.63) is 35.9 Å². The lowest BCUT2D eigenvalue weighted by Crippen LogP contribution is -2.51. The number of hydrogen-bond donors (Lipinski definition) is 0. The highest BCUT2D eigenvalue weighted by atomic mass is 16.6. The molecule has 1 aromatic carbocycles. The molecular weight excluding hydrogens is 322 g/mol. The number of carbonyl (C=O) groups is 1. The van der Waals surface area contributed by atoms with Gasteiger partial charge in [0, 0.05) is 24.8 Å². The first-order chi connectivity index (χ1) is 12.6. The lowest BCUT2D eigenvalue weighted by Gasteiger charge is -2.46. The van der Waals surface area contributed by atoms with Gasteiger partial charge in [0.1, 0.15) is 5.60 Å². The normalized spacial score (nSPS) is 23.0. The molecule has 0 saturated heterocycles. The van der Waals surface area contributed by atoms with Gasteiger partial charge in [-0.15, -0.1) is 5.92 Å². The van der Waals surface area contributed by atoms with Crippen molar-refractivity contribution in [1.82, 2.24) is 4.90 Å². The molecular formula is C23H31NO2. The first-order valence-corrected chi connectivity index (χ1v) is 10.0. The summed E-state index contributed by atoms with van der Waals surface area (Å²) < 4.78 is 6.35. The number of nitrogens with zero attached hydrogens (tertiary/aromatic N) is 1. The maximum Gasteiger partial charge on any atom is 0.338 e. The molecule has 1 aromatic rings. The van der Waals surface area contributed by atoms with Crippen LogP contribution in [0.15, 0.2) is 30.3 Å². The molecule has 26 heavy (non-hydrogen) atoms. The molecule has 0 amide bonds. The summed E-state index contributed by atoms with van der Waals surface area (Å²) in [4.78, 5) is 15.1. The summed E-state index contributed by atoms with van der Waals surface area (Å²) in [5.41, 5.74) is 0.266. The Kier molecular flexibility index (Phi) is 6.38. The maximum atomic E-state index is 12.9. The van der Waals surface area contributed by atoms with E-state index in [0.717, 1.165) is 51.5 Å². The van der Waals surface area contributed by atoms with E-state index < -0.39 is 0 Å². The summed E-state index contributed by atoms with van der Waals surface area (Å²) in [6, 6.07) is 9.42. The third kappa shape index (κ3) is 4.48. The molecule has 2 atom stereocenters. The van der Waals surface area contributed by atoms with Crippen LogP contribution in [0.2, 0.25) is 0 Å². The van der Waals surface area contributed by atoms with Gasteiger partial charge in [0.05, 0.1) is 5.56 Å². The zero-order valence-corrected chi connectivity index (χ0v) is 16.2. The zero-order chi connectivity index (χ0) is 18.4. The summed E-state index contributed by atoms with van der Waals surface area (Å²) in [6.07, 6.45) is 8.70. The number of rotatable bonds is 6. The molecule has 1 fully saturated rings. The molecule has 3 nitrogen and oxygen atoms in total. The van der Waals surface area contributed by atoms with Gasteiger partial charge in [-0.3, -0.25) is 0 Å². The van der Waals surface area contributed by atoms with Crippen LogP contribution in [0.5, 0.6) is 0 Å². The molecule has 2 aliphatic carbocycles. The third-order valence-corrected chi connectivity index (χ3v) is 5.83. The highest BCUT2D eigenvalue weighted by Gasteiger charge is 2.46. The van der Waals surface area contributed by atoms with E-state index in [1.54, 1.807) is 0 Å². The fourth-order valence-corrected chi connectivity index (χ4v) is 4.56. The van der Waals surface area contributed by atoms with E-state index in [0.29, 0.717) is 11.5 Å². The Hall–Kier alpha value is -1.79. The van der Waals surface area contributed by atoms with Gasteiger partial charge in [-0.2, -0.15) is 0 Å². The van der Waals surface area contributed by atoms with E-state index in [9.17, 15) is 4.79 Å². The van der Waals surface area contributed by atoms with Crippen LogP contribution in [0.3, 0.4) is 0 Å². The van der Waals surface area contributed by atoms with Gasteiger partial charge in [0.15, 0.2) is 0 Å². The Morgan fingerprint density at radius 3 is 2.54 bits per heavy atom. The quantitative estimate of drug-likeness (QED) is 0.556. The fourth-order valence-electron chi connectivity index (χ4n) is 4.56. The Morgan fingerprint density at radius 2 is 1.92 bits per heavy atom. The minimum Gasteiger partial charge on any atom is -0.455 e. The number of esters is 1. The molecule has 2 aliphatic rings. The molecule has 0 aromatic heterocycles. The van der Waals surface area contributed by atoms with Gasteiger partial charge in [0.2, 0.25) is 0 Å². The fraction of sp³-hybridized carbons (Fsp3) is 0.609. The molecule has 2 unspecified atom stereocenters. The van der Waals surface area contributed by atoms with Gasteiger partial charge in [-0.05, 0) is 64.8 Å². The molecule has 1 saturated carbocycles. The number of benzene rings is 1. The van der Waals surface area contributed by atoms with Crippen molar-refractivity contribution in [1.29, 1.82) is 0 Å². The van der Waals surface area contributed by atoms with Gasteiger partial charge in [-0.1, -0.05) is 30.5 Å². The average molecular weight is 354 g/mol. The first kappa shape index (κ1) is 19.0. The van der Waals surface area contributed by atoms with Gasteiger partial charge in [0.25, 0.3) is 0 Å². The first-order valence-electron chi connectivity index (χ1n) is 10.0. The third-order valence-electron chi connectivity index (χ3n) is 5.83. The highest BCUT2D eigenvalue weighted by Crippen LogP contribution is 2.43. The number of carbonyl (C=O) groups excluding carboxylic acids is 1. The second-order valence-corrected chi connectivity index (χ2v) is 8.07. The van der Waals surface area contributed by atoms with E-state index in [4.69, 9.17) is 4.74 Å². The van der Waals surface area contributed by atoms with Crippen LogP contribution >= 0.6 is 0 Å². The second-order valence-electron chi connectivity index (χ2n) is 8.07. The predicted octanol–water partition coefficient (Wildman–Crippen LogP) is 4.53. The van der Waals surface area contributed by atoms with Crippen molar-refractivity contribution in [2.24, 2.45) is 11.8 Å². The van der Waals surface area contributed by atoms with Crippen molar-refractivity contribution < 1.29 is 9.53 Å². The maximum absolute atomic E-state index is 12.9. The summed E-state index contributed by atoms with van der Waals surface area (Å²) in [5, 5.41) is 0. The van der Waals surface area contributed by atoms with Crippen molar-refractivity contribution in [2.45, 2.75) is 57.0 Å².